The molecule has 0 saturated carbocycles. The summed E-state index contributed by atoms with van der Waals surface area (Å²) in [5.41, 5.74) is 4.98. The smallest absolute Gasteiger partial charge is 0.408 e. The van der Waals surface area contributed by atoms with E-state index in [9.17, 15) is 4.79 Å². The molecule has 0 atom stereocenters. The second-order valence-electron chi connectivity index (χ2n) is 10.0. The molecular weight excluding hydrogens is 456 g/mol. The van der Waals surface area contributed by atoms with Crippen LogP contribution in [0.15, 0.2) is 84.9 Å². The second kappa shape index (κ2) is 10.3. The minimum atomic E-state index is -0.432. The van der Waals surface area contributed by atoms with Gasteiger partial charge in [-0.1, -0.05) is 57.5 Å². The molecule has 4 nitrogen and oxygen atoms in total. The van der Waals surface area contributed by atoms with E-state index in [2.05, 4.69) is 80.1 Å². The topological polar surface area (TPSA) is 34.1 Å². The van der Waals surface area contributed by atoms with Crippen molar-refractivity contribution in [2.75, 3.05) is 0 Å². The molecule has 0 amide bonds. The number of nitrogens with zero attached hydrogens (tertiary/aromatic N) is 2. The molecule has 0 radical (unpaired) electrons. The molecule has 0 spiro atoms. The van der Waals surface area contributed by atoms with Crippen LogP contribution in [0.25, 0.3) is 28.2 Å². The molecule has 188 valence electrons. The van der Waals surface area contributed by atoms with Gasteiger partial charge in [0.2, 0.25) is 11.9 Å². The van der Waals surface area contributed by atoms with Gasteiger partial charge in [0, 0.05) is 18.2 Å². The van der Waals surface area contributed by atoms with Gasteiger partial charge in [-0.2, -0.15) is 9.13 Å². The molecule has 3 heterocycles. The zero-order chi connectivity index (χ0) is 26.0. The van der Waals surface area contributed by atoms with Gasteiger partial charge in [-0.15, -0.1) is 0 Å². The summed E-state index contributed by atoms with van der Waals surface area (Å²) in [4.78, 5) is 13.4. The highest BCUT2D eigenvalue weighted by atomic mass is 16.5. The quantitative estimate of drug-likeness (QED) is 0.213. The van der Waals surface area contributed by atoms with Gasteiger partial charge < -0.3 is 4.74 Å². The van der Waals surface area contributed by atoms with Gasteiger partial charge in [-0.25, -0.2) is 4.79 Å². The molecule has 4 heteroatoms. The van der Waals surface area contributed by atoms with Gasteiger partial charge in [0.25, 0.3) is 5.69 Å². The number of esters is 1. The van der Waals surface area contributed by atoms with Gasteiger partial charge in [0.15, 0.2) is 18.2 Å². The Morgan fingerprint density at radius 1 is 0.919 bits per heavy atom. The predicted octanol–water partition coefficient (Wildman–Crippen LogP) is 6.69. The molecule has 5 rings (SSSR count). The lowest BCUT2D eigenvalue weighted by Gasteiger charge is -2.32. The number of pyridine rings is 2. The van der Waals surface area contributed by atoms with Gasteiger partial charge >= 0.3 is 5.97 Å². The molecule has 0 bridgehead atoms. The summed E-state index contributed by atoms with van der Waals surface area (Å²) in [5.74, 6) is 0.338. The molecule has 2 aromatic heterocycles. The number of hydrogen-bond donors (Lipinski definition) is 0. The fraction of sp³-hybridized carbons (Fsp3) is 0.303. The summed E-state index contributed by atoms with van der Waals surface area (Å²) >= 11 is 0. The molecule has 0 unspecified atom stereocenters. The summed E-state index contributed by atoms with van der Waals surface area (Å²) in [6.45, 7) is 6.60. The molecule has 0 N–H and O–H groups in total. The molecular formula is C33H36N2O2+2. The van der Waals surface area contributed by atoms with Crippen LogP contribution in [0.2, 0.25) is 0 Å². The Balaban J connectivity index is 1.73. The van der Waals surface area contributed by atoms with Crippen molar-refractivity contribution in [1.82, 2.24) is 0 Å². The predicted molar refractivity (Wildman–Crippen MR) is 148 cm³/mol. The van der Waals surface area contributed by atoms with Crippen molar-refractivity contribution in [3.05, 3.63) is 102 Å². The average Bonchev–Trinajstić information content (AvgIpc) is 3.04. The Morgan fingerprint density at radius 2 is 1.70 bits per heavy atom. The Kier molecular flexibility index (Phi) is 6.92. The van der Waals surface area contributed by atoms with Crippen LogP contribution >= 0.6 is 0 Å². The lowest BCUT2D eigenvalue weighted by atomic mass is 9.72. The fourth-order valence-corrected chi connectivity index (χ4v) is 5.75. The van der Waals surface area contributed by atoms with Crippen LogP contribution in [0, 0.1) is 0 Å². The Hall–Kier alpha value is -3.79. The Bertz CT molecular complexity index is 1500. The maximum Gasteiger partial charge on any atom is 0.408 e. The number of carbonyl (C=O) groups is 1. The van der Waals surface area contributed by atoms with Crippen LogP contribution in [0.4, 0.5) is 0 Å². The fourth-order valence-electron chi connectivity index (χ4n) is 5.75. The first-order valence-electron chi connectivity index (χ1n) is 13.5. The standard InChI is InChI=1S/C33H36N2O2/c1-5-8-13-24-17-18-26-25(22-24)19-21-35-23-30(37-32(36)29-16-11-12-20-34(29)4)33(6-2,7-3)28-15-10-9-14-27(28)31(26)35/h9-12,14-23H,5-8,13H2,1-4H3/q+2. The van der Waals surface area contributed by atoms with Crippen molar-refractivity contribution < 1.29 is 18.7 Å². The van der Waals surface area contributed by atoms with Gasteiger partial charge in [0.05, 0.1) is 16.4 Å². The zero-order valence-corrected chi connectivity index (χ0v) is 22.3. The van der Waals surface area contributed by atoms with Crippen molar-refractivity contribution >= 4 is 22.9 Å². The van der Waals surface area contributed by atoms with E-state index in [0.29, 0.717) is 11.5 Å². The van der Waals surface area contributed by atoms with E-state index in [1.54, 1.807) is 10.6 Å². The minimum absolute atomic E-state index is 0.344. The molecule has 0 saturated heterocycles. The first-order chi connectivity index (χ1) is 18.0. The van der Waals surface area contributed by atoms with Crippen molar-refractivity contribution in [2.45, 2.75) is 58.3 Å². The number of fused-ring (bicyclic) bond motifs is 5. The SMILES string of the molecule is CCCCc1ccc2c3[n+](ccc2c1)C=C(OC(=O)c1cccc[n+]1C)C(CC)(CC)c1ccccc1-3. The van der Waals surface area contributed by atoms with Crippen molar-refractivity contribution in [3.63, 3.8) is 0 Å². The van der Waals surface area contributed by atoms with E-state index >= 15 is 0 Å². The first-order valence-corrected chi connectivity index (χ1v) is 13.5. The van der Waals surface area contributed by atoms with E-state index in [-0.39, 0.29) is 5.97 Å². The summed E-state index contributed by atoms with van der Waals surface area (Å²) < 4.78 is 10.3. The molecule has 0 aliphatic carbocycles. The van der Waals surface area contributed by atoms with E-state index in [4.69, 9.17) is 4.74 Å². The highest BCUT2D eigenvalue weighted by molar-refractivity contribution is 5.95. The van der Waals surface area contributed by atoms with E-state index in [0.717, 1.165) is 25.0 Å². The van der Waals surface area contributed by atoms with Crippen LogP contribution in [0.1, 0.15) is 68.1 Å². The van der Waals surface area contributed by atoms with Crippen LogP contribution in [0.5, 0.6) is 0 Å². The highest BCUT2D eigenvalue weighted by Crippen LogP contribution is 2.46. The maximum absolute atomic E-state index is 13.4. The van der Waals surface area contributed by atoms with Crippen molar-refractivity contribution in [2.24, 2.45) is 7.05 Å². The van der Waals surface area contributed by atoms with Crippen LogP contribution in [0.3, 0.4) is 0 Å². The number of aromatic nitrogens is 2. The summed E-state index contributed by atoms with van der Waals surface area (Å²) in [6, 6.07) is 23.2. The van der Waals surface area contributed by atoms with E-state index < -0.39 is 5.41 Å². The number of unbranched alkanes of at least 4 members (excludes halogenated alkanes) is 1. The summed E-state index contributed by atoms with van der Waals surface area (Å²) in [6.07, 6.45) is 11.1. The Labute approximate surface area is 219 Å². The number of rotatable bonds is 7. The third-order valence-electron chi connectivity index (χ3n) is 7.96. The normalized spacial score (nSPS) is 13.9. The largest absolute Gasteiger partial charge is 0.416 e. The minimum Gasteiger partial charge on any atom is -0.416 e. The lowest BCUT2D eigenvalue weighted by Crippen LogP contribution is -2.38. The number of ether oxygens (including phenoxy) is 1. The number of aryl methyl sites for hydroxylation is 2. The molecule has 37 heavy (non-hydrogen) atoms. The number of benzene rings is 2. The third-order valence-corrected chi connectivity index (χ3v) is 7.96. The molecule has 1 aliphatic rings. The second-order valence-corrected chi connectivity index (χ2v) is 10.0. The van der Waals surface area contributed by atoms with Crippen LogP contribution < -0.4 is 9.13 Å². The van der Waals surface area contributed by atoms with Gasteiger partial charge in [-0.3, -0.25) is 0 Å². The molecule has 0 fully saturated rings. The number of allylic oxidation sites excluding steroid dienone is 1. The number of carbonyl (C=O) groups excluding carboxylic acids is 1. The summed E-state index contributed by atoms with van der Waals surface area (Å²) in [5, 5.41) is 2.44. The van der Waals surface area contributed by atoms with E-state index in [1.165, 1.54) is 40.3 Å². The highest BCUT2D eigenvalue weighted by Gasteiger charge is 2.43. The van der Waals surface area contributed by atoms with Crippen molar-refractivity contribution in [3.8, 4) is 11.3 Å². The molecule has 4 aromatic rings. The monoisotopic (exact) mass is 492 g/mol. The Morgan fingerprint density at radius 3 is 2.46 bits per heavy atom. The third kappa shape index (κ3) is 4.35. The lowest BCUT2D eigenvalue weighted by molar-refractivity contribution is -0.674. The first kappa shape index (κ1) is 24.9. The van der Waals surface area contributed by atoms with Gasteiger partial charge in [-0.05, 0) is 60.4 Å². The van der Waals surface area contributed by atoms with Gasteiger partial charge in [0.1, 0.15) is 7.05 Å². The van der Waals surface area contributed by atoms with Crippen LogP contribution in [-0.2, 0) is 23.6 Å². The molecule has 2 aromatic carbocycles. The number of hydrogen-bond acceptors (Lipinski definition) is 2. The molecule has 1 aliphatic heterocycles. The van der Waals surface area contributed by atoms with Crippen molar-refractivity contribution in [1.29, 1.82) is 0 Å². The summed E-state index contributed by atoms with van der Waals surface area (Å²) in [7, 11) is 1.87. The van der Waals surface area contributed by atoms with Crippen LogP contribution in [-0.4, -0.2) is 5.97 Å². The maximum atomic E-state index is 13.4. The average molecular weight is 493 g/mol. The zero-order valence-electron chi connectivity index (χ0n) is 22.3. The van der Waals surface area contributed by atoms with E-state index in [1.807, 2.05) is 31.6 Å².